The normalized spacial score (nSPS) is 14.4. The van der Waals surface area contributed by atoms with Gasteiger partial charge in [-0.05, 0) is 54.7 Å². The molecule has 0 aliphatic heterocycles. The minimum absolute atomic E-state index is 0.118. The summed E-state index contributed by atoms with van der Waals surface area (Å²) in [6.07, 6.45) is 5.81. The minimum atomic E-state index is -0.682. The standard InChI is InChI=1S/C32H38N2O4/c1-24-12-9-10-19-30(24)38-23-31(35)34(22-26-15-11-18-28(20-26)37-2)29(21-25-13-5-3-6-14-25)32(36)33-27-16-7-4-8-17-27/h3,5-6,9-15,18-20,27,29H,4,7-8,16-17,21-23H2,1-2H3,(H,33,36)/t29-/m1/s1. The number of benzene rings is 3. The second kappa shape index (κ2) is 13.7. The second-order valence-corrected chi connectivity index (χ2v) is 9.98. The monoisotopic (exact) mass is 514 g/mol. The lowest BCUT2D eigenvalue weighted by Gasteiger charge is -2.33. The summed E-state index contributed by atoms with van der Waals surface area (Å²) >= 11 is 0. The summed E-state index contributed by atoms with van der Waals surface area (Å²) in [4.78, 5) is 29.3. The van der Waals surface area contributed by atoms with Crippen molar-refractivity contribution < 1.29 is 19.1 Å². The van der Waals surface area contributed by atoms with Gasteiger partial charge in [0.15, 0.2) is 6.61 Å². The van der Waals surface area contributed by atoms with E-state index in [4.69, 9.17) is 9.47 Å². The van der Waals surface area contributed by atoms with E-state index in [-0.39, 0.29) is 31.0 Å². The van der Waals surface area contributed by atoms with Crippen molar-refractivity contribution in [2.24, 2.45) is 0 Å². The molecule has 1 aliphatic rings. The van der Waals surface area contributed by atoms with Crippen LogP contribution in [0.1, 0.15) is 48.8 Å². The van der Waals surface area contributed by atoms with Crippen molar-refractivity contribution in [1.29, 1.82) is 0 Å². The number of nitrogens with zero attached hydrogens (tertiary/aromatic N) is 1. The highest BCUT2D eigenvalue weighted by Gasteiger charge is 2.32. The summed E-state index contributed by atoms with van der Waals surface area (Å²) in [6, 6.07) is 24.6. The lowest BCUT2D eigenvalue weighted by Crippen LogP contribution is -2.53. The maximum absolute atomic E-state index is 13.8. The number of hydrogen-bond donors (Lipinski definition) is 1. The molecule has 0 radical (unpaired) electrons. The number of nitrogens with one attached hydrogen (secondary N) is 1. The van der Waals surface area contributed by atoms with Crippen molar-refractivity contribution in [3.05, 3.63) is 95.6 Å². The first-order valence-corrected chi connectivity index (χ1v) is 13.5. The molecule has 3 aromatic carbocycles. The van der Waals surface area contributed by atoms with E-state index in [0.717, 1.165) is 42.4 Å². The molecule has 1 fully saturated rings. The zero-order valence-electron chi connectivity index (χ0n) is 22.4. The van der Waals surface area contributed by atoms with Crippen LogP contribution < -0.4 is 14.8 Å². The van der Waals surface area contributed by atoms with Crippen molar-refractivity contribution in [2.45, 2.75) is 64.1 Å². The number of ether oxygens (including phenoxy) is 2. The Morgan fingerprint density at radius 2 is 1.63 bits per heavy atom. The fraction of sp³-hybridized carbons (Fsp3) is 0.375. The smallest absolute Gasteiger partial charge is 0.261 e. The Bertz CT molecular complexity index is 1190. The highest BCUT2D eigenvalue weighted by molar-refractivity contribution is 5.88. The van der Waals surface area contributed by atoms with Crippen molar-refractivity contribution in [3.8, 4) is 11.5 Å². The number of aryl methyl sites for hydroxylation is 1. The summed E-state index contributed by atoms with van der Waals surface area (Å²) in [5, 5.41) is 3.27. The van der Waals surface area contributed by atoms with Gasteiger partial charge in [-0.2, -0.15) is 0 Å². The molecule has 1 saturated carbocycles. The Hall–Kier alpha value is -3.80. The first kappa shape index (κ1) is 27.2. The zero-order valence-corrected chi connectivity index (χ0v) is 22.4. The van der Waals surface area contributed by atoms with Crippen LogP contribution in [0.25, 0.3) is 0 Å². The summed E-state index contributed by atoms with van der Waals surface area (Å²) in [5.41, 5.74) is 2.84. The number of hydrogen-bond acceptors (Lipinski definition) is 4. The Morgan fingerprint density at radius 3 is 2.37 bits per heavy atom. The van der Waals surface area contributed by atoms with Crippen molar-refractivity contribution in [1.82, 2.24) is 10.2 Å². The van der Waals surface area contributed by atoms with Crippen LogP contribution in [0.5, 0.6) is 11.5 Å². The van der Waals surface area contributed by atoms with E-state index in [1.54, 1.807) is 12.0 Å². The third kappa shape index (κ3) is 7.60. The Labute approximate surface area is 226 Å². The number of carbonyl (C=O) groups is 2. The molecule has 6 nitrogen and oxygen atoms in total. The van der Waals surface area contributed by atoms with Crippen molar-refractivity contribution in [2.75, 3.05) is 13.7 Å². The molecule has 200 valence electrons. The molecule has 0 spiro atoms. The van der Waals surface area contributed by atoms with E-state index < -0.39 is 6.04 Å². The molecule has 0 bridgehead atoms. The van der Waals surface area contributed by atoms with Crippen LogP contribution in [0.15, 0.2) is 78.9 Å². The molecular weight excluding hydrogens is 476 g/mol. The zero-order chi connectivity index (χ0) is 26.7. The van der Waals surface area contributed by atoms with Gasteiger partial charge < -0.3 is 19.7 Å². The number of carbonyl (C=O) groups excluding carboxylic acids is 2. The van der Waals surface area contributed by atoms with E-state index >= 15 is 0 Å². The summed E-state index contributed by atoms with van der Waals surface area (Å²) in [6.45, 7) is 2.06. The molecule has 38 heavy (non-hydrogen) atoms. The van der Waals surface area contributed by atoms with Gasteiger partial charge in [0, 0.05) is 19.0 Å². The van der Waals surface area contributed by atoms with Crippen LogP contribution in [-0.4, -0.2) is 42.5 Å². The largest absolute Gasteiger partial charge is 0.497 e. The van der Waals surface area contributed by atoms with E-state index in [1.165, 1.54) is 6.42 Å². The predicted octanol–water partition coefficient (Wildman–Crippen LogP) is 5.47. The molecule has 2 amide bonds. The third-order valence-corrected chi connectivity index (χ3v) is 7.15. The van der Waals surface area contributed by atoms with E-state index in [2.05, 4.69) is 5.32 Å². The molecule has 1 aliphatic carbocycles. The lowest BCUT2D eigenvalue weighted by molar-refractivity contribution is -0.143. The van der Waals surface area contributed by atoms with Gasteiger partial charge in [0.05, 0.1) is 7.11 Å². The van der Waals surface area contributed by atoms with Crippen LogP contribution >= 0.6 is 0 Å². The average molecular weight is 515 g/mol. The van der Waals surface area contributed by atoms with Crippen molar-refractivity contribution >= 4 is 11.8 Å². The number of amides is 2. The first-order chi connectivity index (χ1) is 18.5. The van der Waals surface area contributed by atoms with E-state index in [1.807, 2.05) is 85.8 Å². The number of methoxy groups -OCH3 is 1. The molecule has 0 saturated heterocycles. The fourth-order valence-electron chi connectivity index (χ4n) is 5.01. The molecule has 1 N–H and O–H groups in total. The van der Waals surface area contributed by atoms with Gasteiger partial charge >= 0.3 is 0 Å². The van der Waals surface area contributed by atoms with Gasteiger partial charge in [0.25, 0.3) is 5.91 Å². The highest BCUT2D eigenvalue weighted by atomic mass is 16.5. The SMILES string of the molecule is COc1cccc(CN(C(=O)COc2ccccc2C)[C@H](Cc2ccccc2)C(=O)NC2CCCCC2)c1. The molecule has 3 aromatic rings. The summed E-state index contributed by atoms with van der Waals surface area (Å²) in [5.74, 6) is 1.01. The van der Waals surface area contributed by atoms with E-state index in [9.17, 15) is 9.59 Å². The lowest BCUT2D eigenvalue weighted by atomic mass is 9.94. The quantitative estimate of drug-likeness (QED) is 0.368. The number of rotatable bonds is 11. The van der Waals surface area contributed by atoms with Crippen LogP contribution in [0.4, 0.5) is 0 Å². The molecule has 1 atom stereocenters. The van der Waals surface area contributed by atoms with Crippen LogP contribution in [0.2, 0.25) is 0 Å². The van der Waals surface area contributed by atoms with Crippen LogP contribution in [0, 0.1) is 6.92 Å². The van der Waals surface area contributed by atoms with Gasteiger partial charge in [0.1, 0.15) is 17.5 Å². The molecule has 0 aromatic heterocycles. The fourth-order valence-corrected chi connectivity index (χ4v) is 5.01. The third-order valence-electron chi connectivity index (χ3n) is 7.15. The predicted molar refractivity (Wildman–Crippen MR) is 149 cm³/mol. The van der Waals surface area contributed by atoms with Gasteiger partial charge in [0.2, 0.25) is 5.91 Å². The minimum Gasteiger partial charge on any atom is -0.497 e. The molecular formula is C32H38N2O4. The first-order valence-electron chi connectivity index (χ1n) is 13.5. The summed E-state index contributed by atoms with van der Waals surface area (Å²) < 4.78 is 11.4. The molecule has 0 heterocycles. The maximum atomic E-state index is 13.8. The maximum Gasteiger partial charge on any atom is 0.261 e. The van der Waals surface area contributed by atoms with Gasteiger partial charge in [-0.25, -0.2) is 0 Å². The van der Waals surface area contributed by atoms with Crippen molar-refractivity contribution in [3.63, 3.8) is 0 Å². The Balaban J connectivity index is 1.63. The molecule has 4 rings (SSSR count). The topological polar surface area (TPSA) is 67.9 Å². The summed E-state index contributed by atoms with van der Waals surface area (Å²) in [7, 11) is 1.62. The highest BCUT2D eigenvalue weighted by Crippen LogP contribution is 2.22. The van der Waals surface area contributed by atoms with Gasteiger partial charge in [-0.3, -0.25) is 9.59 Å². The molecule has 6 heteroatoms. The number of para-hydroxylation sites is 1. The van der Waals surface area contributed by atoms with Gasteiger partial charge in [-0.15, -0.1) is 0 Å². The van der Waals surface area contributed by atoms with Gasteiger partial charge in [-0.1, -0.05) is 79.9 Å². The Morgan fingerprint density at radius 1 is 0.921 bits per heavy atom. The van der Waals surface area contributed by atoms with Crippen LogP contribution in [0.3, 0.4) is 0 Å². The van der Waals surface area contributed by atoms with E-state index in [0.29, 0.717) is 17.9 Å². The molecule has 0 unspecified atom stereocenters. The average Bonchev–Trinajstić information content (AvgIpc) is 2.95. The Kier molecular flexibility index (Phi) is 9.79. The van der Waals surface area contributed by atoms with Crippen LogP contribution in [-0.2, 0) is 22.6 Å². The second-order valence-electron chi connectivity index (χ2n) is 9.98.